The Bertz CT molecular complexity index is 988. The number of aliphatic hydroxyl groups is 1. The van der Waals surface area contributed by atoms with E-state index >= 15 is 0 Å². The van der Waals surface area contributed by atoms with Crippen molar-refractivity contribution in [1.29, 1.82) is 0 Å². The van der Waals surface area contributed by atoms with Gasteiger partial charge in [-0.05, 0) is 67.1 Å². The summed E-state index contributed by atoms with van der Waals surface area (Å²) in [5.41, 5.74) is 2.33. The highest BCUT2D eigenvalue weighted by Gasteiger charge is 2.61. The first-order chi connectivity index (χ1) is 16.1. The molecule has 0 aromatic heterocycles. The molecule has 174 valence electrons. The van der Waals surface area contributed by atoms with Crippen molar-refractivity contribution in [3.05, 3.63) is 65.2 Å². The first kappa shape index (κ1) is 21.5. The Morgan fingerprint density at radius 3 is 2.06 bits per heavy atom. The van der Waals surface area contributed by atoms with E-state index in [2.05, 4.69) is 46.2 Å². The lowest BCUT2D eigenvalue weighted by Gasteiger charge is -2.63. The third-order valence-electron chi connectivity index (χ3n) is 9.35. The van der Waals surface area contributed by atoms with Gasteiger partial charge in [0.2, 0.25) is 5.91 Å². The van der Waals surface area contributed by atoms with Gasteiger partial charge in [0.25, 0.3) is 0 Å². The van der Waals surface area contributed by atoms with E-state index in [0.29, 0.717) is 36.0 Å². The van der Waals surface area contributed by atoms with Gasteiger partial charge in [-0.1, -0.05) is 54.1 Å². The minimum Gasteiger partial charge on any atom is -0.393 e. The number of piperazine rings is 1. The number of anilines is 1. The van der Waals surface area contributed by atoms with Crippen LogP contribution in [0.15, 0.2) is 54.6 Å². The minimum atomic E-state index is -0.125. The molecule has 4 aliphatic carbocycles. The van der Waals surface area contributed by atoms with Crippen molar-refractivity contribution < 1.29 is 9.90 Å². The van der Waals surface area contributed by atoms with E-state index in [4.69, 9.17) is 11.6 Å². The lowest BCUT2D eigenvalue weighted by molar-refractivity contribution is -0.153. The number of carbonyl (C=O) groups excluding carboxylic acids is 1. The number of hydrogen-bond donors (Lipinski definition) is 1. The fourth-order valence-corrected chi connectivity index (χ4v) is 8.10. The molecule has 1 aliphatic heterocycles. The third-order valence-corrected chi connectivity index (χ3v) is 9.67. The van der Waals surface area contributed by atoms with Crippen LogP contribution in [0.25, 0.3) is 0 Å². The Hall–Kier alpha value is -2.04. The molecule has 0 unspecified atom stereocenters. The van der Waals surface area contributed by atoms with Crippen molar-refractivity contribution in [2.75, 3.05) is 31.1 Å². The van der Waals surface area contributed by atoms with E-state index < -0.39 is 0 Å². The Morgan fingerprint density at radius 1 is 0.879 bits per heavy atom. The van der Waals surface area contributed by atoms with Gasteiger partial charge in [-0.25, -0.2) is 0 Å². The zero-order chi connectivity index (χ0) is 22.6. The van der Waals surface area contributed by atoms with E-state index in [1.165, 1.54) is 5.56 Å². The van der Waals surface area contributed by atoms with Gasteiger partial charge in [0, 0.05) is 38.0 Å². The predicted molar refractivity (Wildman–Crippen MR) is 131 cm³/mol. The molecule has 5 aliphatic rings. The molecule has 4 saturated carbocycles. The summed E-state index contributed by atoms with van der Waals surface area (Å²) in [6.07, 6.45) is 4.74. The molecule has 0 atom stereocenters. The van der Waals surface area contributed by atoms with Gasteiger partial charge in [0.15, 0.2) is 0 Å². The van der Waals surface area contributed by atoms with Gasteiger partial charge in [-0.15, -0.1) is 0 Å². The number of aliphatic hydroxyl groups excluding tert-OH is 1. The zero-order valence-corrected chi connectivity index (χ0v) is 19.8. The van der Waals surface area contributed by atoms with Crippen molar-refractivity contribution in [2.24, 2.45) is 23.7 Å². The van der Waals surface area contributed by atoms with E-state index in [0.717, 1.165) is 62.6 Å². The molecule has 4 bridgehead atoms. The number of rotatable bonds is 4. The van der Waals surface area contributed by atoms with Crippen LogP contribution in [0.4, 0.5) is 5.69 Å². The molecule has 2 aromatic carbocycles. The topological polar surface area (TPSA) is 43.8 Å². The Kier molecular flexibility index (Phi) is 5.42. The lowest BCUT2D eigenvalue weighted by atomic mass is 9.42. The molecule has 4 nitrogen and oxygen atoms in total. The molecule has 0 radical (unpaired) electrons. The van der Waals surface area contributed by atoms with Gasteiger partial charge in [-0.3, -0.25) is 4.79 Å². The summed E-state index contributed by atoms with van der Waals surface area (Å²) in [5.74, 6) is 2.15. The molecule has 1 N–H and O–H groups in total. The number of carbonyl (C=O) groups is 1. The molecule has 0 spiro atoms. The van der Waals surface area contributed by atoms with Crippen LogP contribution in [0, 0.1) is 23.7 Å². The summed E-state index contributed by atoms with van der Waals surface area (Å²) in [5, 5.41) is 11.5. The summed E-state index contributed by atoms with van der Waals surface area (Å²) in [4.78, 5) is 18.2. The van der Waals surface area contributed by atoms with Crippen molar-refractivity contribution in [3.63, 3.8) is 0 Å². The van der Waals surface area contributed by atoms with Crippen molar-refractivity contribution >= 4 is 23.2 Å². The van der Waals surface area contributed by atoms with Crippen LogP contribution in [0.5, 0.6) is 0 Å². The second kappa shape index (κ2) is 8.32. The molecule has 1 saturated heterocycles. The maximum absolute atomic E-state index is 13.8. The normalized spacial score (nSPS) is 35.2. The van der Waals surface area contributed by atoms with Gasteiger partial charge in [0.1, 0.15) is 0 Å². The molecular weight excluding hydrogens is 432 g/mol. The summed E-state index contributed by atoms with van der Waals surface area (Å²) >= 11 is 6.41. The summed E-state index contributed by atoms with van der Waals surface area (Å²) in [6.45, 7) is 3.12. The zero-order valence-electron chi connectivity index (χ0n) is 19.1. The average Bonchev–Trinajstić information content (AvgIpc) is 2.84. The van der Waals surface area contributed by atoms with Gasteiger partial charge >= 0.3 is 0 Å². The number of amides is 1. The van der Waals surface area contributed by atoms with Crippen LogP contribution < -0.4 is 4.90 Å². The Morgan fingerprint density at radius 2 is 1.45 bits per heavy atom. The second-order valence-corrected chi connectivity index (χ2v) is 11.2. The highest BCUT2D eigenvalue weighted by Crippen LogP contribution is 2.64. The quantitative estimate of drug-likeness (QED) is 0.710. The van der Waals surface area contributed by atoms with Crippen molar-refractivity contribution in [3.8, 4) is 0 Å². The van der Waals surface area contributed by atoms with Crippen LogP contribution in [-0.4, -0.2) is 48.2 Å². The maximum atomic E-state index is 13.8. The van der Waals surface area contributed by atoms with E-state index in [9.17, 15) is 9.90 Å². The van der Waals surface area contributed by atoms with Crippen LogP contribution in [0.3, 0.4) is 0 Å². The fourth-order valence-electron chi connectivity index (χ4n) is 7.84. The average molecular weight is 465 g/mol. The van der Waals surface area contributed by atoms with Gasteiger partial charge in [-0.2, -0.15) is 0 Å². The Balaban J connectivity index is 1.22. The molecule has 33 heavy (non-hydrogen) atoms. The number of hydrogen-bond acceptors (Lipinski definition) is 3. The number of nitrogens with zero attached hydrogens (tertiary/aromatic N) is 2. The van der Waals surface area contributed by atoms with E-state index in [1.54, 1.807) is 0 Å². The molecule has 2 aromatic rings. The highest BCUT2D eigenvalue weighted by atomic mass is 35.5. The molecule has 7 rings (SSSR count). The first-order valence-corrected chi connectivity index (χ1v) is 12.9. The number of halogens is 1. The third kappa shape index (κ3) is 3.49. The monoisotopic (exact) mass is 464 g/mol. The summed E-state index contributed by atoms with van der Waals surface area (Å²) < 4.78 is 0. The SMILES string of the molecule is O=C(CC1(c2ccccc2)C2CC3CC1CC(C2)C3O)N1CCN(c2ccccc2Cl)CC1. The van der Waals surface area contributed by atoms with Crippen molar-refractivity contribution in [1.82, 2.24) is 4.90 Å². The van der Waals surface area contributed by atoms with E-state index in [-0.39, 0.29) is 11.5 Å². The van der Waals surface area contributed by atoms with E-state index in [1.807, 2.05) is 18.2 Å². The molecule has 5 fully saturated rings. The second-order valence-electron chi connectivity index (χ2n) is 10.7. The predicted octanol–water partition coefficient (Wildman–Crippen LogP) is 4.74. The van der Waals surface area contributed by atoms with Crippen LogP contribution in [0.2, 0.25) is 5.02 Å². The molecule has 5 heteroatoms. The summed E-state index contributed by atoms with van der Waals surface area (Å²) in [7, 11) is 0. The van der Waals surface area contributed by atoms with Gasteiger partial charge < -0.3 is 14.9 Å². The minimum absolute atomic E-state index is 0.0780. The fraction of sp³-hybridized carbons (Fsp3) is 0.536. The lowest BCUT2D eigenvalue weighted by Crippen LogP contribution is -2.61. The first-order valence-electron chi connectivity index (χ1n) is 12.6. The Labute approximate surface area is 201 Å². The molecule has 1 heterocycles. The maximum Gasteiger partial charge on any atom is 0.223 e. The summed E-state index contributed by atoms with van der Waals surface area (Å²) in [6, 6.07) is 18.8. The van der Waals surface area contributed by atoms with Crippen molar-refractivity contribution in [2.45, 2.75) is 43.6 Å². The van der Waals surface area contributed by atoms with Crippen LogP contribution >= 0.6 is 11.6 Å². The highest BCUT2D eigenvalue weighted by molar-refractivity contribution is 6.33. The van der Waals surface area contributed by atoms with Crippen LogP contribution in [-0.2, 0) is 10.2 Å². The number of benzene rings is 2. The van der Waals surface area contributed by atoms with Gasteiger partial charge in [0.05, 0.1) is 16.8 Å². The molecular formula is C28H33ClN2O2. The van der Waals surface area contributed by atoms with Crippen LogP contribution in [0.1, 0.15) is 37.7 Å². The standard InChI is InChI=1S/C28H33ClN2O2/c29-24-8-4-5-9-25(24)30-10-12-31(13-11-30)26(32)18-28(21-6-2-1-3-7-21)22-14-19-15-23(28)17-20(16-22)27(19)33/h1-9,19-20,22-23,27,33H,10-18H2. The largest absolute Gasteiger partial charge is 0.393 e. The number of para-hydroxylation sites is 1. The smallest absolute Gasteiger partial charge is 0.223 e. The molecule has 1 amide bonds.